The molecule has 0 saturated heterocycles. The van der Waals surface area contributed by atoms with E-state index in [9.17, 15) is 4.79 Å². The number of hydrogen-bond donors (Lipinski definition) is 1. The number of ether oxygens (including phenoxy) is 2. The van der Waals surface area contributed by atoms with E-state index in [0.717, 1.165) is 11.3 Å². The molecule has 0 atom stereocenters. The van der Waals surface area contributed by atoms with Crippen molar-refractivity contribution in [1.29, 1.82) is 0 Å². The van der Waals surface area contributed by atoms with E-state index in [2.05, 4.69) is 0 Å². The van der Waals surface area contributed by atoms with Gasteiger partial charge in [-0.3, -0.25) is 0 Å². The highest BCUT2D eigenvalue weighted by Gasteiger charge is 2.14. The predicted octanol–water partition coefficient (Wildman–Crippen LogP) is 1.52. The number of carboxylic acids is 1. The van der Waals surface area contributed by atoms with E-state index in [1.165, 1.54) is 0 Å². The molecule has 2 rings (SSSR count). The van der Waals surface area contributed by atoms with Gasteiger partial charge in [-0.2, -0.15) is 0 Å². The summed E-state index contributed by atoms with van der Waals surface area (Å²) in [6.07, 6.45) is 1.73. The Hall–Kier alpha value is -1.97. The van der Waals surface area contributed by atoms with E-state index in [1.54, 1.807) is 6.08 Å². The van der Waals surface area contributed by atoms with Gasteiger partial charge < -0.3 is 14.6 Å². The van der Waals surface area contributed by atoms with Crippen LogP contribution in [0.1, 0.15) is 5.56 Å². The zero-order valence-electron chi connectivity index (χ0n) is 7.97. The minimum Gasteiger partial charge on any atom is -0.489 e. The molecule has 0 spiro atoms. The van der Waals surface area contributed by atoms with Gasteiger partial charge in [0.05, 0.1) is 5.56 Å². The number of benzene rings is 1. The molecule has 4 nitrogen and oxygen atoms in total. The second-order valence-electron chi connectivity index (χ2n) is 3.06. The molecule has 4 heteroatoms. The summed E-state index contributed by atoms with van der Waals surface area (Å²) in [5.74, 6) is 0.305. The molecule has 0 bridgehead atoms. The van der Waals surface area contributed by atoms with Crippen molar-refractivity contribution in [2.75, 3.05) is 13.2 Å². The van der Waals surface area contributed by atoms with Gasteiger partial charge in [0.2, 0.25) is 0 Å². The van der Waals surface area contributed by atoms with E-state index >= 15 is 0 Å². The van der Waals surface area contributed by atoms with Crippen LogP contribution in [0.2, 0.25) is 0 Å². The zero-order chi connectivity index (χ0) is 10.7. The predicted molar refractivity (Wildman–Crippen MR) is 53.5 cm³/mol. The van der Waals surface area contributed by atoms with Gasteiger partial charge in [-0.15, -0.1) is 0 Å². The first-order valence-corrected chi connectivity index (χ1v) is 4.54. The molecule has 0 saturated carbocycles. The molecular weight excluding hydrogens is 196 g/mol. The number of hydrogen-bond acceptors (Lipinski definition) is 3. The van der Waals surface area contributed by atoms with Gasteiger partial charge >= 0.3 is 5.97 Å². The van der Waals surface area contributed by atoms with Crippen molar-refractivity contribution in [3.8, 4) is 5.75 Å². The Morgan fingerprint density at radius 1 is 1.47 bits per heavy atom. The number of carbonyl (C=O) groups is 1. The summed E-state index contributed by atoms with van der Waals surface area (Å²) in [5, 5.41) is 8.51. The molecule has 1 heterocycles. The second kappa shape index (κ2) is 4.04. The van der Waals surface area contributed by atoms with Crippen LogP contribution in [0.4, 0.5) is 0 Å². The Kier molecular flexibility index (Phi) is 2.58. The molecule has 15 heavy (non-hydrogen) atoms. The maximum atomic E-state index is 10.4. The van der Waals surface area contributed by atoms with E-state index in [1.807, 2.05) is 24.3 Å². The number of para-hydroxylation sites is 1. The molecule has 1 N–H and O–H groups in total. The number of fused-ring (bicyclic) bond motifs is 1. The molecule has 0 fully saturated rings. The molecule has 1 aromatic rings. The summed E-state index contributed by atoms with van der Waals surface area (Å²) < 4.78 is 10.5. The molecule has 1 aliphatic rings. The van der Waals surface area contributed by atoms with E-state index in [-0.39, 0.29) is 6.61 Å². The lowest BCUT2D eigenvalue weighted by Gasteiger charge is -2.18. The maximum absolute atomic E-state index is 10.4. The molecule has 0 radical (unpaired) electrons. The summed E-state index contributed by atoms with van der Waals surface area (Å²) in [7, 11) is 0. The average molecular weight is 206 g/mol. The second-order valence-corrected chi connectivity index (χ2v) is 3.06. The fraction of sp³-hybridized carbons (Fsp3) is 0.182. The number of aliphatic carboxylic acids is 1. The lowest BCUT2D eigenvalue weighted by Crippen LogP contribution is -2.10. The standard InChI is InChI=1S/C11H10O4/c12-11(13)7-15-10-5-6-14-9-4-2-1-3-8(9)10/h1-5H,6-7H2,(H,12,13). The lowest BCUT2D eigenvalue weighted by molar-refractivity contribution is -0.140. The minimum atomic E-state index is -0.986. The third-order valence-corrected chi connectivity index (χ3v) is 2.01. The first-order chi connectivity index (χ1) is 7.27. The van der Waals surface area contributed by atoms with Gasteiger partial charge in [0.1, 0.15) is 18.1 Å². The molecule has 0 unspecified atom stereocenters. The summed E-state index contributed by atoms with van der Waals surface area (Å²) in [5.41, 5.74) is 0.796. The summed E-state index contributed by atoms with van der Waals surface area (Å²) in [6.45, 7) is 0.0755. The smallest absolute Gasteiger partial charge is 0.341 e. The molecule has 78 valence electrons. The normalized spacial score (nSPS) is 13.5. The van der Waals surface area contributed by atoms with Crippen LogP contribution in [0.5, 0.6) is 5.75 Å². The highest BCUT2D eigenvalue weighted by Crippen LogP contribution is 2.29. The van der Waals surface area contributed by atoms with Gasteiger partial charge in [0.15, 0.2) is 6.61 Å². The van der Waals surface area contributed by atoms with Gasteiger partial charge in [-0.05, 0) is 18.2 Å². The highest BCUT2D eigenvalue weighted by molar-refractivity contribution is 5.72. The minimum absolute atomic E-state index is 0.333. The van der Waals surface area contributed by atoms with E-state index in [4.69, 9.17) is 14.6 Å². The van der Waals surface area contributed by atoms with Gasteiger partial charge in [-0.25, -0.2) is 4.79 Å². The Labute approximate surface area is 86.7 Å². The Bertz CT molecular complexity index is 409. The van der Waals surface area contributed by atoms with Crippen LogP contribution >= 0.6 is 0 Å². The molecule has 0 aromatic heterocycles. The van der Waals surface area contributed by atoms with E-state index in [0.29, 0.717) is 12.4 Å². The first kappa shape index (κ1) is 9.58. The topological polar surface area (TPSA) is 55.8 Å². The summed E-state index contributed by atoms with van der Waals surface area (Å²) in [6, 6.07) is 7.37. The zero-order valence-corrected chi connectivity index (χ0v) is 7.97. The fourth-order valence-corrected chi connectivity index (χ4v) is 1.39. The van der Waals surface area contributed by atoms with Crippen LogP contribution in [0.25, 0.3) is 5.76 Å². The average Bonchev–Trinajstić information content (AvgIpc) is 2.26. The third-order valence-electron chi connectivity index (χ3n) is 2.01. The highest BCUT2D eigenvalue weighted by atomic mass is 16.5. The largest absolute Gasteiger partial charge is 0.489 e. The van der Waals surface area contributed by atoms with Crippen molar-refractivity contribution < 1.29 is 19.4 Å². The van der Waals surface area contributed by atoms with Crippen molar-refractivity contribution in [2.45, 2.75) is 0 Å². The van der Waals surface area contributed by atoms with Crippen LogP contribution < -0.4 is 4.74 Å². The van der Waals surface area contributed by atoms with Crippen molar-refractivity contribution >= 4 is 11.7 Å². The van der Waals surface area contributed by atoms with Gasteiger partial charge in [-0.1, -0.05) is 12.1 Å². The summed E-state index contributed by atoms with van der Waals surface area (Å²) >= 11 is 0. The van der Waals surface area contributed by atoms with Gasteiger partial charge in [0.25, 0.3) is 0 Å². The third kappa shape index (κ3) is 2.10. The Balaban J connectivity index is 2.19. The van der Waals surface area contributed by atoms with Crippen LogP contribution in [-0.4, -0.2) is 24.3 Å². The van der Waals surface area contributed by atoms with Gasteiger partial charge in [0, 0.05) is 0 Å². The van der Waals surface area contributed by atoms with E-state index < -0.39 is 5.97 Å². The summed E-state index contributed by atoms with van der Waals surface area (Å²) in [4.78, 5) is 10.4. The monoisotopic (exact) mass is 206 g/mol. The van der Waals surface area contributed by atoms with Crippen molar-refractivity contribution in [3.63, 3.8) is 0 Å². The first-order valence-electron chi connectivity index (χ1n) is 4.54. The maximum Gasteiger partial charge on any atom is 0.341 e. The quantitative estimate of drug-likeness (QED) is 0.814. The van der Waals surface area contributed by atoms with Crippen LogP contribution in [-0.2, 0) is 9.53 Å². The van der Waals surface area contributed by atoms with Crippen molar-refractivity contribution in [1.82, 2.24) is 0 Å². The Morgan fingerprint density at radius 3 is 3.07 bits per heavy atom. The number of carboxylic acid groups (broad SMARTS) is 1. The Morgan fingerprint density at radius 2 is 2.27 bits per heavy atom. The molecule has 0 aliphatic carbocycles. The lowest BCUT2D eigenvalue weighted by atomic mass is 10.1. The molecular formula is C11H10O4. The van der Waals surface area contributed by atoms with Crippen LogP contribution in [0.3, 0.4) is 0 Å². The number of rotatable bonds is 3. The van der Waals surface area contributed by atoms with Crippen molar-refractivity contribution in [2.24, 2.45) is 0 Å². The van der Waals surface area contributed by atoms with Crippen LogP contribution in [0.15, 0.2) is 30.3 Å². The van der Waals surface area contributed by atoms with Crippen molar-refractivity contribution in [3.05, 3.63) is 35.9 Å². The molecule has 1 aromatic carbocycles. The molecule has 1 aliphatic heterocycles. The molecule has 0 amide bonds. The SMILES string of the molecule is O=C(O)COC1=CCOc2ccccc21. The van der Waals surface area contributed by atoms with Crippen LogP contribution in [0, 0.1) is 0 Å². The fourth-order valence-electron chi connectivity index (χ4n) is 1.39.